The number of anilines is 1. The summed E-state index contributed by atoms with van der Waals surface area (Å²) in [4.78, 5) is 27.4. The third-order valence-corrected chi connectivity index (χ3v) is 6.14. The third kappa shape index (κ3) is 5.71. The lowest BCUT2D eigenvalue weighted by atomic mass is 9.90. The number of nitrogens with zero attached hydrogens (tertiary/aromatic N) is 3. The predicted molar refractivity (Wildman–Crippen MR) is 129 cm³/mol. The van der Waals surface area contributed by atoms with Gasteiger partial charge in [0.25, 0.3) is 5.91 Å². The van der Waals surface area contributed by atoms with E-state index < -0.39 is 0 Å². The Labute approximate surface area is 195 Å². The molecule has 2 heterocycles. The summed E-state index contributed by atoms with van der Waals surface area (Å²) < 4.78 is 0. The van der Waals surface area contributed by atoms with E-state index in [1.807, 2.05) is 19.1 Å². The standard InChI is InChI=1S/C24H35N7O2/c1-15(2)14-26-23(32)22-27-18-10-9-16(3)13-17(18)21(30-22)28-19-7-4-5-8-20(19)29-24(25)31-11-6-12-33-31/h9-10,13,15,19-20H,4-8,11-12,14H2,1-3H3,(H2,25,29)(H,26,32)(H,27,28,30)/t19-,20+/m0/s1. The second-order valence-corrected chi connectivity index (χ2v) is 9.44. The molecule has 4 N–H and O–H groups in total. The highest BCUT2D eigenvalue weighted by Gasteiger charge is 2.29. The smallest absolute Gasteiger partial charge is 0.289 e. The van der Waals surface area contributed by atoms with Crippen molar-refractivity contribution in [2.24, 2.45) is 5.92 Å². The second kappa shape index (κ2) is 10.3. The number of rotatable bonds is 6. The first-order chi connectivity index (χ1) is 15.9. The summed E-state index contributed by atoms with van der Waals surface area (Å²) in [6, 6.07) is 6.14. The van der Waals surface area contributed by atoms with Crippen molar-refractivity contribution in [3.63, 3.8) is 0 Å². The van der Waals surface area contributed by atoms with E-state index in [-0.39, 0.29) is 23.8 Å². The molecule has 1 aliphatic heterocycles. The summed E-state index contributed by atoms with van der Waals surface area (Å²) >= 11 is 0. The highest BCUT2D eigenvalue weighted by Crippen LogP contribution is 2.27. The fourth-order valence-electron chi connectivity index (χ4n) is 4.35. The number of fused-ring (bicyclic) bond motifs is 1. The first-order valence-electron chi connectivity index (χ1n) is 12.0. The monoisotopic (exact) mass is 453 g/mol. The van der Waals surface area contributed by atoms with Crippen LogP contribution < -0.4 is 16.0 Å². The van der Waals surface area contributed by atoms with Gasteiger partial charge in [0, 0.05) is 24.0 Å². The van der Waals surface area contributed by atoms with Gasteiger partial charge >= 0.3 is 0 Å². The number of aromatic nitrogens is 2. The van der Waals surface area contributed by atoms with Gasteiger partial charge in [0.1, 0.15) is 5.82 Å². The Bertz CT molecular complexity index is 1000. The topological polar surface area (TPSA) is 115 Å². The maximum absolute atomic E-state index is 12.7. The summed E-state index contributed by atoms with van der Waals surface area (Å²) in [6.45, 7) is 8.11. The number of hydrogen-bond donors (Lipinski definition) is 4. The van der Waals surface area contributed by atoms with Gasteiger partial charge in [0.2, 0.25) is 11.8 Å². The summed E-state index contributed by atoms with van der Waals surface area (Å²) in [5.74, 6) is 1.23. The molecule has 1 amide bonds. The van der Waals surface area contributed by atoms with Gasteiger partial charge in [-0.05, 0) is 44.2 Å². The van der Waals surface area contributed by atoms with E-state index in [1.165, 1.54) is 0 Å². The lowest BCUT2D eigenvalue weighted by Gasteiger charge is -2.35. The summed E-state index contributed by atoms with van der Waals surface area (Å²) in [5.41, 5.74) is 1.85. The van der Waals surface area contributed by atoms with Crippen molar-refractivity contribution in [1.29, 1.82) is 5.41 Å². The van der Waals surface area contributed by atoms with Crippen molar-refractivity contribution in [2.45, 2.75) is 65.0 Å². The quantitative estimate of drug-likeness (QED) is 0.392. The van der Waals surface area contributed by atoms with Crippen LogP contribution in [0.2, 0.25) is 0 Å². The molecule has 178 valence electrons. The van der Waals surface area contributed by atoms with Gasteiger partial charge in [-0.2, -0.15) is 0 Å². The molecule has 9 heteroatoms. The van der Waals surface area contributed by atoms with Crippen LogP contribution in [-0.4, -0.2) is 58.7 Å². The van der Waals surface area contributed by atoms with Crippen molar-refractivity contribution in [1.82, 2.24) is 25.7 Å². The van der Waals surface area contributed by atoms with Crippen molar-refractivity contribution in [2.75, 3.05) is 25.0 Å². The summed E-state index contributed by atoms with van der Waals surface area (Å²) in [7, 11) is 0. The first-order valence-corrected chi connectivity index (χ1v) is 12.0. The van der Waals surface area contributed by atoms with Crippen LogP contribution in [0.15, 0.2) is 18.2 Å². The molecule has 1 aromatic carbocycles. The fourth-order valence-corrected chi connectivity index (χ4v) is 4.35. The number of amides is 1. The number of hydrogen-bond acceptors (Lipinski definition) is 6. The van der Waals surface area contributed by atoms with E-state index in [2.05, 4.69) is 45.8 Å². The Morgan fingerprint density at radius 1 is 1.21 bits per heavy atom. The molecule has 2 fully saturated rings. The Hall–Kier alpha value is -2.94. The number of nitrogens with one attached hydrogen (secondary N) is 4. The molecular formula is C24H35N7O2. The molecule has 0 spiro atoms. The highest BCUT2D eigenvalue weighted by atomic mass is 16.7. The zero-order valence-electron chi connectivity index (χ0n) is 19.8. The number of carbonyl (C=O) groups is 1. The molecule has 1 aromatic heterocycles. The Kier molecular flexibility index (Phi) is 7.27. The summed E-state index contributed by atoms with van der Waals surface area (Å²) in [6.07, 6.45) is 5.06. The molecule has 1 aliphatic carbocycles. The minimum Gasteiger partial charge on any atom is -0.365 e. The molecular weight excluding hydrogens is 418 g/mol. The number of guanidine groups is 1. The molecule has 2 aliphatic rings. The van der Waals surface area contributed by atoms with Gasteiger partial charge in [0.15, 0.2) is 0 Å². The van der Waals surface area contributed by atoms with Crippen LogP contribution >= 0.6 is 0 Å². The predicted octanol–water partition coefficient (Wildman–Crippen LogP) is 3.21. The molecule has 0 bridgehead atoms. The molecule has 4 rings (SSSR count). The van der Waals surface area contributed by atoms with Crippen LogP contribution in [0.5, 0.6) is 0 Å². The lowest BCUT2D eigenvalue weighted by molar-refractivity contribution is -0.0489. The lowest BCUT2D eigenvalue weighted by Crippen LogP contribution is -2.52. The van der Waals surface area contributed by atoms with E-state index >= 15 is 0 Å². The maximum Gasteiger partial charge on any atom is 0.289 e. The molecule has 33 heavy (non-hydrogen) atoms. The highest BCUT2D eigenvalue weighted by molar-refractivity contribution is 5.96. The normalized spacial score (nSPS) is 20.8. The second-order valence-electron chi connectivity index (χ2n) is 9.44. The van der Waals surface area contributed by atoms with Gasteiger partial charge in [0.05, 0.1) is 18.7 Å². The van der Waals surface area contributed by atoms with E-state index in [9.17, 15) is 4.79 Å². The minimum absolute atomic E-state index is 0.0727. The number of hydroxylamine groups is 2. The molecule has 0 radical (unpaired) electrons. The zero-order chi connectivity index (χ0) is 23.4. The van der Waals surface area contributed by atoms with Crippen LogP contribution in [0.25, 0.3) is 10.9 Å². The molecule has 1 saturated carbocycles. The molecule has 2 aromatic rings. The maximum atomic E-state index is 12.7. The number of aryl methyl sites for hydroxylation is 1. The summed E-state index contributed by atoms with van der Waals surface area (Å²) in [5, 5.41) is 20.8. The van der Waals surface area contributed by atoms with E-state index in [0.717, 1.165) is 55.1 Å². The number of benzene rings is 1. The van der Waals surface area contributed by atoms with Gasteiger partial charge in [-0.15, -0.1) is 0 Å². The van der Waals surface area contributed by atoms with Gasteiger partial charge < -0.3 is 16.0 Å². The van der Waals surface area contributed by atoms with Gasteiger partial charge in [-0.1, -0.05) is 38.3 Å². The molecule has 0 unspecified atom stereocenters. The SMILES string of the molecule is Cc1ccc2nc(C(=O)NCC(C)C)nc(N[C@H]3CCCC[C@H]3NC(=N)N3CCCO3)c2c1. The van der Waals surface area contributed by atoms with Crippen molar-refractivity contribution < 1.29 is 9.63 Å². The van der Waals surface area contributed by atoms with Crippen LogP contribution in [0.1, 0.15) is 62.1 Å². The van der Waals surface area contributed by atoms with E-state index in [0.29, 0.717) is 30.8 Å². The third-order valence-electron chi connectivity index (χ3n) is 6.14. The molecule has 1 saturated heterocycles. The number of carbonyl (C=O) groups excluding carboxylic acids is 1. The first kappa shape index (κ1) is 23.2. The average Bonchev–Trinajstić information content (AvgIpc) is 3.34. The van der Waals surface area contributed by atoms with E-state index in [1.54, 1.807) is 5.06 Å². The minimum atomic E-state index is -0.263. The zero-order valence-corrected chi connectivity index (χ0v) is 19.8. The van der Waals surface area contributed by atoms with Crippen molar-refractivity contribution >= 4 is 28.6 Å². The van der Waals surface area contributed by atoms with Crippen molar-refractivity contribution in [3.8, 4) is 0 Å². The van der Waals surface area contributed by atoms with Gasteiger partial charge in [-0.3, -0.25) is 15.0 Å². The van der Waals surface area contributed by atoms with Crippen LogP contribution in [0.4, 0.5) is 5.82 Å². The molecule has 9 nitrogen and oxygen atoms in total. The van der Waals surface area contributed by atoms with Gasteiger partial charge in [-0.25, -0.2) is 15.0 Å². The largest absolute Gasteiger partial charge is 0.365 e. The Morgan fingerprint density at radius 3 is 2.73 bits per heavy atom. The van der Waals surface area contributed by atoms with Crippen LogP contribution in [0, 0.1) is 18.3 Å². The van der Waals surface area contributed by atoms with E-state index in [4.69, 9.17) is 10.2 Å². The Morgan fingerprint density at radius 2 is 2.00 bits per heavy atom. The Balaban J connectivity index is 1.58. The van der Waals surface area contributed by atoms with Crippen LogP contribution in [-0.2, 0) is 4.84 Å². The van der Waals surface area contributed by atoms with Crippen molar-refractivity contribution in [3.05, 3.63) is 29.6 Å². The average molecular weight is 454 g/mol. The fraction of sp³-hybridized carbons (Fsp3) is 0.583. The molecule has 2 atom stereocenters. The van der Waals surface area contributed by atoms with Crippen LogP contribution in [0.3, 0.4) is 0 Å².